The molecule has 3 heteroatoms. The van der Waals surface area contributed by atoms with E-state index in [1.54, 1.807) is 0 Å². The van der Waals surface area contributed by atoms with E-state index in [2.05, 4.69) is 50.4 Å². The van der Waals surface area contributed by atoms with Gasteiger partial charge in [-0.25, -0.2) is 0 Å². The maximum atomic E-state index is 3.51. The Morgan fingerprint density at radius 2 is 2.06 bits per heavy atom. The van der Waals surface area contributed by atoms with Crippen molar-refractivity contribution in [3.8, 4) is 0 Å². The highest BCUT2D eigenvalue weighted by atomic mass is 79.9. The van der Waals surface area contributed by atoms with Gasteiger partial charge in [-0.15, -0.1) is 0 Å². The predicted octanol–water partition coefficient (Wildman–Crippen LogP) is 2.63. The van der Waals surface area contributed by atoms with E-state index in [4.69, 9.17) is 0 Å². The second kappa shape index (κ2) is 4.71. The third kappa shape index (κ3) is 2.56. The van der Waals surface area contributed by atoms with Crippen molar-refractivity contribution in [1.29, 1.82) is 0 Å². The van der Waals surface area contributed by atoms with Crippen molar-refractivity contribution >= 4 is 15.9 Å². The van der Waals surface area contributed by atoms with Crippen LogP contribution in [0.15, 0.2) is 28.7 Å². The van der Waals surface area contributed by atoms with Crippen LogP contribution in [0.5, 0.6) is 0 Å². The molecule has 1 atom stereocenters. The molecule has 0 bridgehead atoms. The molecular formula is C14H19BrN2. The number of rotatable bonds is 2. The summed E-state index contributed by atoms with van der Waals surface area (Å²) in [4.78, 5) is 2.61. The van der Waals surface area contributed by atoms with Crippen LogP contribution in [0, 0.1) is 5.41 Å². The fraction of sp³-hybridized carbons (Fsp3) is 0.571. The Bertz CT molecular complexity index is 382. The number of benzene rings is 1. The van der Waals surface area contributed by atoms with Crippen LogP contribution in [0.25, 0.3) is 0 Å². The first-order valence-corrected chi connectivity index (χ1v) is 7.23. The van der Waals surface area contributed by atoms with Crippen LogP contribution in [0.1, 0.15) is 18.4 Å². The van der Waals surface area contributed by atoms with Crippen LogP contribution >= 0.6 is 15.9 Å². The van der Waals surface area contributed by atoms with E-state index in [0.717, 1.165) is 6.54 Å². The van der Waals surface area contributed by atoms with Crippen molar-refractivity contribution in [2.75, 3.05) is 26.2 Å². The first-order chi connectivity index (χ1) is 8.26. The van der Waals surface area contributed by atoms with Gasteiger partial charge in [0.1, 0.15) is 0 Å². The molecule has 2 saturated heterocycles. The highest BCUT2D eigenvalue weighted by Gasteiger charge is 2.39. The lowest BCUT2D eigenvalue weighted by atomic mass is 9.87. The van der Waals surface area contributed by atoms with Crippen LogP contribution < -0.4 is 5.32 Å². The highest BCUT2D eigenvalue weighted by Crippen LogP contribution is 2.36. The first kappa shape index (κ1) is 11.7. The molecule has 0 aromatic heterocycles. The minimum absolute atomic E-state index is 0.593. The molecule has 92 valence electrons. The van der Waals surface area contributed by atoms with Crippen LogP contribution in [-0.4, -0.2) is 31.1 Å². The van der Waals surface area contributed by atoms with Gasteiger partial charge in [-0.3, -0.25) is 4.90 Å². The molecule has 1 N–H and O–H groups in total. The zero-order valence-corrected chi connectivity index (χ0v) is 11.7. The molecule has 1 unspecified atom stereocenters. The van der Waals surface area contributed by atoms with E-state index >= 15 is 0 Å². The Balaban J connectivity index is 1.62. The molecule has 1 aromatic carbocycles. The van der Waals surface area contributed by atoms with Crippen molar-refractivity contribution in [2.45, 2.75) is 19.4 Å². The number of likely N-dealkylation sites (tertiary alicyclic amines) is 1. The molecule has 17 heavy (non-hydrogen) atoms. The summed E-state index contributed by atoms with van der Waals surface area (Å²) in [5, 5.41) is 3.51. The molecule has 2 aliphatic heterocycles. The fourth-order valence-corrected chi connectivity index (χ4v) is 3.42. The van der Waals surface area contributed by atoms with Gasteiger partial charge in [0.05, 0.1) is 0 Å². The quantitative estimate of drug-likeness (QED) is 0.902. The SMILES string of the molecule is Brc1ccc(CN2CCC3(CCNC3)C2)cc1. The van der Waals surface area contributed by atoms with Crippen LogP contribution in [0.4, 0.5) is 0 Å². The predicted molar refractivity (Wildman–Crippen MR) is 74.0 cm³/mol. The Morgan fingerprint density at radius 1 is 1.24 bits per heavy atom. The normalized spacial score (nSPS) is 29.2. The van der Waals surface area contributed by atoms with E-state index in [0.29, 0.717) is 5.41 Å². The minimum atomic E-state index is 0.593. The molecule has 1 aromatic rings. The lowest BCUT2D eigenvalue weighted by molar-refractivity contribution is 0.268. The Labute approximate surface area is 112 Å². The zero-order valence-electron chi connectivity index (χ0n) is 10.1. The zero-order chi connectivity index (χ0) is 11.7. The van der Waals surface area contributed by atoms with Crippen molar-refractivity contribution in [3.63, 3.8) is 0 Å². The van der Waals surface area contributed by atoms with Gasteiger partial charge in [0.25, 0.3) is 0 Å². The van der Waals surface area contributed by atoms with E-state index in [-0.39, 0.29) is 0 Å². The first-order valence-electron chi connectivity index (χ1n) is 6.43. The third-order valence-electron chi connectivity index (χ3n) is 4.17. The Kier molecular flexibility index (Phi) is 3.24. The second-order valence-electron chi connectivity index (χ2n) is 5.51. The monoisotopic (exact) mass is 294 g/mol. The van der Waals surface area contributed by atoms with Gasteiger partial charge in [0.15, 0.2) is 0 Å². The van der Waals surface area contributed by atoms with E-state index in [1.807, 2.05) is 0 Å². The van der Waals surface area contributed by atoms with E-state index in [1.165, 1.54) is 49.1 Å². The second-order valence-corrected chi connectivity index (χ2v) is 6.43. The maximum Gasteiger partial charge on any atom is 0.0233 e. The standard InChI is InChI=1S/C14H19BrN2/c15-13-3-1-12(2-4-13)9-17-8-6-14(11-17)5-7-16-10-14/h1-4,16H,5-11H2. The topological polar surface area (TPSA) is 15.3 Å². The summed E-state index contributed by atoms with van der Waals surface area (Å²) in [6.45, 7) is 6.08. The fourth-order valence-electron chi connectivity index (χ4n) is 3.15. The molecule has 2 fully saturated rings. The molecule has 0 saturated carbocycles. The van der Waals surface area contributed by atoms with Crippen LogP contribution in [0.2, 0.25) is 0 Å². The van der Waals surface area contributed by atoms with Crippen LogP contribution in [-0.2, 0) is 6.54 Å². The average molecular weight is 295 g/mol. The summed E-state index contributed by atoms with van der Waals surface area (Å²) in [6.07, 6.45) is 2.74. The van der Waals surface area contributed by atoms with Gasteiger partial charge < -0.3 is 5.32 Å². The Hall–Kier alpha value is -0.380. The van der Waals surface area contributed by atoms with Crippen molar-refractivity contribution in [2.24, 2.45) is 5.41 Å². The number of halogens is 1. The van der Waals surface area contributed by atoms with Crippen molar-refractivity contribution in [1.82, 2.24) is 10.2 Å². The number of hydrogen-bond acceptors (Lipinski definition) is 2. The van der Waals surface area contributed by atoms with E-state index < -0.39 is 0 Å². The summed E-state index contributed by atoms with van der Waals surface area (Å²) in [7, 11) is 0. The molecule has 2 aliphatic rings. The van der Waals surface area contributed by atoms with Gasteiger partial charge >= 0.3 is 0 Å². The summed E-state index contributed by atoms with van der Waals surface area (Å²) in [6, 6.07) is 8.72. The third-order valence-corrected chi connectivity index (χ3v) is 4.70. The molecule has 3 rings (SSSR count). The molecule has 0 amide bonds. The summed E-state index contributed by atoms with van der Waals surface area (Å²) in [5.41, 5.74) is 2.02. The summed E-state index contributed by atoms with van der Waals surface area (Å²) < 4.78 is 1.17. The van der Waals surface area contributed by atoms with Crippen molar-refractivity contribution < 1.29 is 0 Å². The molecule has 0 aliphatic carbocycles. The maximum absolute atomic E-state index is 3.51. The molecular weight excluding hydrogens is 276 g/mol. The Morgan fingerprint density at radius 3 is 2.76 bits per heavy atom. The van der Waals surface area contributed by atoms with Gasteiger partial charge in [-0.2, -0.15) is 0 Å². The summed E-state index contributed by atoms with van der Waals surface area (Å²) >= 11 is 3.49. The molecule has 0 radical (unpaired) electrons. The molecule has 1 spiro atoms. The number of nitrogens with zero attached hydrogens (tertiary/aromatic N) is 1. The molecule has 2 nitrogen and oxygen atoms in total. The van der Waals surface area contributed by atoms with Gasteiger partial charge in [0.2, 0.25) is 0 Å². The smallest absolute Gasteiger partial charge is 0.0233 e. The average Bonchev–Trinajstić information content (AvgIpc) is 2.94. The number of nitrogens with one attached hydrogen (secondary N) is 1. The lowest BCUT2D eigenvalue weighted by Gasteiger charge is -2.22. The minimum Gasteiger partial charge on any atom is -0.316 e. The lowest BCUT2D eigenvalue weighted by Crippen LogP contribution is -2.28. The highest BCUT2D eigenvalue weighted by molar-refractivity contribution is 9.10. The summed E-state index contributed by atoms with van der Waals surface area (Å²) in [5.74, 6) is 0. The van der Waals surface area contributed by atoms with Gasteiger partial charge in [-0.1, -0.05) is 28.1 Å². The number of hydrogen-bond donors (Lipinski definition) is 1. The van der Waals surface area contributed by atoms with E-state index in [9.17, 15) is 0 Å². The van der Waals surface area contributed by atoms with Gasteiger partial charge in [0, 0.05) is 24.1 Å². The van der Waals surface area contributed by atoms with Crippen molar-refractivity contribution in [3.05, 3.63) is 34.3 Å². The molecule has 2 heterocycles. The van der Waals surface area contributed by atoms with Gasteiger partial charge in [-0.05, 0) is 49.0 Å². The van der Waals surface area contributed by atoms with Crippen LogP contribution in [0.3, 0.4) is 0 Å². The largest absolute Gasteiger partial charge is 0.316 e.